The van der Waals surface area contributed by atoms with Gasteiger partial charge in [-0.3, -0.25) is 0 Å². The summed E-state index contributed by atoms with van der Waals surface area (Å²) in [5.74, 6) is 0.968. The molecule has 1 aliphatic rings. The molecule has 1 atom stereocenters. The molecular formula is C14H24N2O+2. The summed E-state index contributed by atoms with van der Waals surface area (Å²) in [7, 11) is 0. The minimum atomic E-state index is 0.563. The van der Waals surface area contributed by atoms with Crippen LogP contribution >= 0.6 is 0 Å². The molecule has 0 aromatic heterocycles. The third-order valence-corrected chi connectivity index (χ3v) is 3.62. The van der Waals surface area contributed by atoms with Gasteiger partial charge < -0.3 is 15.4 Å². The summed E-state index contributed by atoms with van der Waals surface area (Å²) in [5, 5.41) is 0. The van der Waals surface area contributed by atoms with E-state index in [1.54, 1.807) is 4.90 Å². The fourth-order valence-electron chi connectivity index (χ4n) is 2.75. The average Bonchev–Trinajstić information content (AvgIpc) is 2.86. The molecule has 94 valence electrons. The third kappa shape index (κ3) is 2.99. The lowest BCUT2D eigenvalue weighted by atomic mass is 10.1. The first kappa shape index (κ1) is 12.4. The Morgan fingerprint density at radius 2 is 1.88 bits per heavy atom. The Bertz CT molecular complexity index is 331. The molecule has 0 saturated carbocycles. The number of benzene rings is 1. The fraction of sp³-hybridized carbons (Fsp3) is 0.571. The van der Waals surface area contributed by atoms with Crippen molar-refractivity contribution in [3.05, 3.63) is 29.8 Å². The van der Waals surface area contributed by atoms with Gasteiger partial charge in [-0.1, -0.05) is 0 Å². The molecular weight excluding hydrogens is 212 g/mol. The van der Waals surface area contributed by atoms with Crippen LogP contribution in [-0.4, -0.2) is 26.2 Å². The molecule has 0 radical (unpaired) electrons. The van der Waals surface area contributed by atoms with E-state index in [0.717, 1.165) is 18.9 Å². The van der Waals surface area contributed by atoms with E-state index in [1.807, 2.05) is 6.92 Å². The molecule has 0 spiro atoms. The van der Waals surface area contributed by atoms with E-state index in [9.17, 15) is 0 Å². The van der Waals surface area contributed by atoms with Gasteiger partial charge >= 0.3 is 0 Å². The summed E-state index contributed by atoms with van der Waals surface area (Å²) >= 11 is 0. The van der Waals surface area contributed by atoms with Crippen LogP contribution in [0.3, 0.4) is 0 Å². The van der Waals surface area contributed by atoms with E-state index in [0.29, 0.717) is 6.04 Å². The Morgan fingerprint density at radius 1 is 1.24 bits per heavy atom. The minimum Gasteiger partial charge on any atom is -0.494 e. The van der Waals surface area contributed by atoms with Crippen LogP contribution in [-0.2, 0) is 0 Å². The van der Waals surface area contributed by atoms with Gasteiger partial charge in [-0.25, -0.2) is 0 Å². The van der Waals surface area contributed by atoms with Crippen molar-refractivity contribution >= 4 is 0 Å². The SMILES string of the molecule is CCOc1ccc([C@@H](C[NH3+])[NH+]2CCCC2)cc1. The number of ether oxygens (including phenoxy) is 1. The highest BCUT2D eigenvalue weighted by Crippen LogP contribution is 2.16. The van der Waals surface area contributed by atoms with Gasteiger partial charge in [0.2, 0.25) is 0 Å². The maximum absolute atomic E-state index is 5.48. The molecule has 0 bridgehead atoms. The normalized spacial score (nSPS) is 18.2. The zero-order valence-electron chi connectivity index (χ0n) is 10.7. The van der Waals surface area contributed by atoms with Crippen LogP contribution < -0.4 is 15.4 Å². The molecule has 1 aromatic carbocycles. The van der Waals surface area contributed by atoms with Crippen LogP contribution in [0.4, 0.5) is 0 Å². The number of nitrogens with one attached hydrogen (secondary N) is 1. The summed E-state index contributed by atoms with van der Waals surface area (Å²) in [6.07, 6.45) is 2.73. The molecule has 0 aliphatic carbocycles. The topological polar surface area (TPSA) is 41.3 Å². The van der Waals surface area contributed by atoms with Gasteiger partial charge in [-0.05, 0) is 31.2 Å². The lowest BCUT2D eigenvalue weighted by molar-refractivity contribution is -0.926. The molecule has 1 fully saturated rings. The molecule has 4 N–H and O–H groups in total. The third-order valence-electron chi connectivity index (χ3n) is 3.62. The van der Waals surface area contributed by atoms with Crippen molar-refractivity contribution in [2.75, 3.05) is 26.2 Å². The van der Waals surface area contributed by atoms with Crippen molar-refractivity contribution in [2.45, 2.75) is 25.8 Å². The Morgan fingerprint density at radius 3 is 2.41 bits per heavy atom. The molecule has 1 saturated heterocycles. The van der Waals surface area contributed by atoms with Crippen molar-refractivity contribution in [3.63, 3.8) is 0 Å². The lowest BCUT2D eigenvalue weighted by Gasteiger charge is -2.22. The summed E-state index contributed by atoms with van der Waals surface area (Å²) < 4.78 is 5.48. The zero-order valence-corrected chi connectivity index (χ0v) is 10.7. The van der Waals surface area contributed by atoms with Gasteiger partial charge in [-0.15, -0.1) is 0 Å². The Kier molecular flexibility index (Phi) is 4.40. The molecule has 3 heteroatoms. The molecule has 3 nitrogen and oxygen atoms in total. The standard InChI is InChI=1S/C14H22N2O/c1-2-17-13-7-5-12(6-8-13)14(11-15)16-9-3-4-10-16/h5-8,14H,2-4,9-11,15H2,1H3/p+2/t14-/m1/s1. The van der Waals surface area contributed by atoms with Gasteiger partial charge in [-0.2, -0.15) is 0 Å². The van der Waals surface area contributed by atoms with Crippen molar-refractivity contribution in [2.24, 2.45) is 0 Å². The van der Waals surface area contributed by atoms with Crippen LogP contribution in [0.2, 0.25) is 0 Å². The summed E-state index contributed by atoms with van der Waals surface area (Å²) in [4.78, 5) is 1.70. The number of rotatable bonds is 5. The van der Waals surface area contributed by atoms with E-state index in [2.05, 4.69) is 30.0 Å². The maximum atomic E-state index is 5.48. The van der Waals surface area contributed by atoms with Crippen molar-refractivity contribution in [1.29, 1.82) is 0 Å². The van der Waals surface area contributed by atoms with Crippen LogP contribution in [0, 0.1) is 0 Å². The highest BCUT2D eigenvalue weighted by atomic mass is 16.5. The second kappa shape index (κ2) is 6.03. The maximum Gasteiger partial charge on any atom is 0.162 e. The number of likely N-dealkylation sites (tertiary alicyclic amines) is 1. The minimum absolute atomic E-state index is 0.563. The number of quaternary nitrogens is 2. The van der Waals surface area contributed by atoms with Gasteiger partial charge in [0.25, 0.3) is 0 Å². The number of hydrogen-bond donors (Lipinski definition) is 2. The van der Waals surface area contributed by atoms with Crippen molar-refractivity contribution in [1.82, 2.24) is 0 Å². The largest absolute Gasteiger partial charge is 0.494 e. The molecule has 2 rings (SSSR count). The van der Waals surface area contributed by atoms with E-state index in [-0.39, 0.29) is 0 Å². The second-order valence-corrected chi connectivity index (χ2v) is 4.71. The van der Waals surface area contributed by atoms with E-state index < -0.39 is 0 Å². The Labute approximate surface area is 104 Å². The van der Waals surface area contributed by atoms with E-state index in [4.69, 9.17) is 4.74 Å². The van der Waals surface area contributed by atoms with Gasteiger partial charge in [0.15, 0.2) is 6.04 Å². The van der Waals surface area contributed by atoms with Crippen LogP contribution in [0.25, 0.3) is 0 Å². The predicted octanol–water partition coefficient (Wildman–Crippen LogP) is 0.0470. The smallest absolute Gasteiger partial charge is 0.162 e. The Balaban J connectivity index is 2.07. The zero-order chi connectivity index (χ0) is 12.1. The lowest BCUT2D eigenvalue weighted by Crippen LogP contribution is -3.11. The van der Waals surface area contributed by atoms with Crippen LogP contribution in [0.1, 0.15) is 31.4 Å². The summed E-state index contributed by atoms with van der Waals surface area (Å²) in [5.41, 5.74) is 5.52. The second-order valence-electron chi connectivity index (χ2n) is 4.71. The highest BCUT2D eigenvalue weighted by molar-refractivity contribution is 5.28. The monoisotopic (exact) mass is 236 g/mol. The van der Waals surface area contributed by atoms with Crippen LogP contribution in [0.15, 0.2) is 24.3 Å². The predicted molar refractivity (Wildman–Crippen MR) is 68.0 cm³/mol. The van der Waals surface area contributed by atoms with Crippen LogP contribution in [0.5, 0.6) is 5.75 Å². The molecule has 17 heavy (non-hydrogen) atoms. The van der Waals surface area contributed by atoms with E-state index >= 15 is 0 Å². The molecule has 1 aromatic rings. The molecule has 0 unspecified atom stereocenters. The first-order valence-corrected chi connectivity index (χ1v) is 6.71. The first-order valence-electron chi connectivity index (χ1n) is 6.71. The number of hydrogen-bond acceptors (Lipinski definition) is 1. The average molecular weight is 236 g/mol. The van der Waals surface area contributed by atoms with Crippen molar-refractivity contribution < 1.29 is 15.4 Å². The Hall–Kier alpha value is -1.06. The summed E-state index contributed by atoms with van der Waals surface area (Å²) in [6, 6.07) is 9.12. The first-order chi connectivity index (χ1) is 8.35. The summed E-state index contributed by atoms with van der Waals surface area (Å²) in [6.45, 7) is 6.32. The van der Waals surface area contributed by atoms with Gasteiger partial charge in [0.05, 0.1) is 19.7 Å². The van der Waals surface area contributed by atoms with Crippen molar-refractivity contribution in [3.8, 4) is 5.75 Å². The van der Waals surface area contributed by atoms with Gasteiger partial charge in [0.1, 0.15) is 12.3 Å². The molecule has 1 heterocycles. The quantitative estimate of drug-likeness (QED) is 0.745. The molecule has 1 aliphatic heterocycles. The van der Waals surface area contributed by atoms with Gasteiger partial charge in [0, 0.05) is 18.4 Å². The highest BCUT2D eigenvalue weighted by Gasteiger charge is 2.27. The fourth-order valence-corrected chi connectivity index (χ4v) is 2.75. The molecule has 0 amide bonds. The van der Waals surface area contributed by atoms with E-state index in [1.165, 1.54) is 31.5 Å².